The number of anilines is 1. The van der Waals surface area contributed by atoms with Crippen LogP contribution in [0.15, 0.2) is 18.5 Å². The van der Waals surface area contributed by atoms with Crippen molar-refractivity contribution in [3.05, 3.63) is 18.5 Å². The van der Waals surface area contributed by atoms with Crippen molar-refractivity contribution >= 4 is 30.8 Å². The van der Waals surface area contributed by atoms with Gasteiger partial charge in [0.05, 0.1) is 0 Å². The summed E-state index contributed by atoms with van der Waals surface area (Å²) in [5, 5.41) is 0. The Morgan fingerprint density at radius 1 is 1.23 bits per heavy atom. The molecule has 2 N–H and O–H groups in total. The van der Waals surface area contributed by atoms with Crippen molar-refractivity contribution in [1.82, 2.24) is 9.97 Å². The Hall–Kier alpha value is -0.580. The van der Waals surface area contributed by atoms with Gasteiger partial charge in [-0.2, -0.15) is 0 Å². The number of hydrogen-bond donors (Lipinski definition) is 1. The van der Waals surface area contributed by atoms with E-state index in [4.69, 9.17) is 5.73 Å². The Bertz CT molecular complexity index is 238. The SMILES string of the molecule is Cl.Cl.NC1CN(c2ncccn2)C1. The second-order valence-corrected chi connectivity index (χ2v) is 2.71. The molecule has 0 bridgehead atoms. The minimum Gasteiger partial charge on any atom is -0.338 e. The minimum absolute atomic E-state index is 0. The molecule has 1 aromatic rings. The van der Waals surface area contributed by atoms with E-state index in [0.29, 0.717) is 6.04 Å². The largest absolute Gasteiger partial charge is 0.338 e. The highest BCUT2D eigenvalue weighted by molar-refractivity contribution is 5.85. The van der Waals surface area contributed by atoms with E-state index in [9.17, 15) is 0 Å². The normalized spacial score (nSPS) is 15.3. The fraction of sp³-hybridized carbons (Fsp3) is 0.429. The van der Waals surface area contributed by atoms with Gasteiger partial charge in [-0.15, -0.1) is 24.8 Å². The number of rotatable bonds is 1. The summed E-state index contributed by atoms with van der Waals surface area (Å²) in [6.45, 7) is 1.76. The van der Waals surface area contributed by atoms with Crippen LogP contribution in [-0.4, -0.2) is 29.1 Å². The molecule has 1 fully saturated rings. The van der Waals surface area contributed by atoms with Crippen molar-refractivity contribution in [3.8, 4) is 0 Å². The first kappa shape index (κ1) is 12.4. The second-order valence-electron chi connectivity index (χ2n) is 2.71. The first-order valence-electron chi connectivity index (χ1n) is 3.64. The highest BCUT2D eigenvalue weighted by Gasteiger charge is 2.24. The average molecular weight is 223 g/mol. The predicted molar refractivity (Wildman–Crippen MR) is 56.7 cm³/mol. The maximum absolute atomic E-state index is 5.61. The molecular weight excluding hydrogens is 211 g/mol. The zero-order chi connectivity index (χ0) is 7.68. The van der Waals surface area contributed by atoms with Gasteiger partial charge in [-0.25, -0.2) is 9.97 Å². The summed E-state index contributed by atoms with van der Waals surface area (Å²) >= 11 is 0. The smallest absolute Gasteiger partial charge is 0.225 e. The first-order chi connectivity index (χ1) is 5.36. The van der Waals surface area contributed by atoms with Crippen LogP contribution >= 0.6 is 24.8 Å². The second kappa shape index (κ2) is 5.21. The van der Waals surface area contributed by atoms with E-state index >= 15 is 0 Å². The number of halogens is 2. The molecule has 1 aliphatic rings. The molecule has 0 aromatic carbocycles. The van der Waals surface area contributed by atoms with Crippen molar-refractivity contribution in [3.63, 3.8) is 0 Å². The lowest BCUT2D eigenvalue weighted by atomic mass is 10.1. The molecule has 2 rings (SSSR count). The lowest BCUT2D eigenvalue weighted by Crippen LogP contribution is -2.56. The zero-order valence-corrected chi connectivity index (χ0v) is 8.59. The van der Waals surface area contributed by atoms with Crippen LogP contribution in [0.4, 0.5) is 5.95 Å². The lowest BCUT2D eigenvalue weighted by Gasteiger charge is -2.36. The van der Waals surface area contributed by atoms with Gasteiger partial charge in [0.1, 0.15) is 0 Å². The molecule has 0 saturated carbocycles. The van der Waals surface area contributed by atoms with Gasteiger partial charge in [-0.05, 0) is 6.07 Å². The molecular formula is C7H12Cl2N4. The van der Waals surface area contributed by atoms with Crippen molar-refractivity contribution in [2.24, 2.45) is 5.73 Å². The zero-order valence-electron chi connectivity index (χ0n) is 6.96. The van der Waals surface area contributed by atoms with Crippen LogP contribution < -0.4 is 10.6 Å². The van der Waals surface area contributed by atoms with Crippen LogP contribution in [0.5, 0.6) is 0 Å². The summed E-state index contributed by atoms with van der Waals surface area (Å²) in [5.74, 6) is 0.786. The standard InChI is InChI=1S/C7H10N4.2ClH/c8-6-4-11(5-6)7-9-2-1-3-10-7;;/h1-3,6H,4-5,8H2;2*1H. The van der Waals surface area contributed by atoms with Crippen LogP contribution in [0.1, 0.15) is 0 Å². The monoisotopic (exact) mass is 222 g/mol. The Morgan fingerprint density at radius 3 is 2.23 bits per heavy atom. The van der Waals surface area contributed by atoms with Crippen molar-refractivity contribution in [1.29, 1.82) is 0 Å². The van der Waals surface area contributed by atoms with E-state index < -0.39 is 0 Å². The van der Waals surface area contributed by atoms with E-state index in [0.717, 1.165) is 19.0 Å². The van der Waals surface area contributed by atoms with Gasteiger partial charge in [0, 0.05) is 31.5 Å². The maximum atomic E-state index is 5.61. The maximum Gasteiger partial charge on any atom is 0.225 e. The van der Waals surface area contributed by atoms with Gasteiger partial charge in [0.25, 0.3) is 0 Å². The fourth-order valence-corrected chi connectivity index (χ4v) is 1.13. The summed E-state index contributed by atoms with van der Waals surface area (Å²) in [4.78, 5) is 10.2. The molecule has 1 aromatic heterocycles. The van der Waals surface area contributed by atoms with Crippen LogP contribution in [-0.2, 0) is 0 Å². The number of aromatic nitrogens is 2. The molecule has 13 heavy (non-hydrogen) atoms. The third-order valence-electron chi connectivity index (χ3n) is 1.74. The van der Waals surface area contributed by atoms with E-state index in [-0.39, 0.29) is 24.8 Å². The third-order valence-corrected chi connectivity index (χ3v) is 1.74. The summed E-state index contributed by atoms with van der Waals surface area (Å²) in [6.07, 6.45) is 3.48. The van der Waals surface area contributed by atoms with Gasteiger partial charge in [0.15, 0.2) is 0 Å². The van der Waals surface area contributed by atoms with Crippen LogP contribution in [0, 0.1) is 0 Å². The summed E-state index contributed by atoms with van der Waals surface area (Å²) < 4.78 is 0. The van der Waals surface area contributed by atoms with Crippen LogP contribution in [0.25, 0.3) is 0 Å². The predicted octanol–water partition coefficient (Wildman–Crippen LogP) is 0.468. The molecule has 0 atom stereocenters. The molecule has 0 unspecified atom stereocenters. The molecule has 1 saturated heterocycles. The van der Waals surface area contributed by atoms with E-state index in [1.54, 1.807) is 12.4 Å². The quantitative estimate of drug-likeness (QED) is 0.751. The summed E-state index contributed by atoms with van der Waals surface area (Å²) in [6, 6.07) is 2.11. The number of hydrogen-bond acceptors (Lipinski definition) is 4. The van der Waals surface area contributed by atoms with Gasteiger partial charge in [0.2, 0.25) is 5.95 Å². The van der Waals surface area contributed by atoms with Gasteiger partial charge in [-0.1, -0.05) is 0 Å². The van der Waals surface area contributed by atoms with Crippen LogP contribution in [0.2, 0.25) is 0 Å². The van der Waals surface area contributed by atoms with Crippen LogP contribution in [0.3, 0.4) is 0 Å². The fourth-order valence-electron chi connectivity index (χ4n) is 1.13. The lowest BCUT2D eigenvalue weighted by molar-refractivity contribution is 0.509. The van der Waals surface area contributed by atoms with Crippen molar-refractivity contribution in [2.75, 3.05) is 18.0 Å². The highest BCUT2D eigenvalue weighted by Crippen LogP contribution is 2.12. The number of nitrogens with zero attached hydrogens (tertiary/aromatic N) is 3. The molecule has 0 amide bonds. The molecule has 0 radical (unpaired) electrons. The molecule has 74 valence electrons. The third kappa shape index (κ3) is 2.69. The van der Waals surface area contributed by atoms with E-state index in [1.165, 1.54) is 0 Å². The van der Waals surface area contributed by atoms with E-state index in [2.05, 4.69) is 14.9 Å². The Morgan fingerprint density at radius 2 is 1.77 bits per heavy atom. The average Bonchev–Trinajstić information content (AvgIpc) is 2.01. The minimum atomic E-state index is 0. The molecule has 2 heterocycles. The van der Waals surface area contributed by atoms with Crippen molar-refractivity contribution < 1.29 is 0 Å². The van der Waals surface area contributed by atoms with Gasteiger partial charge < -0.3 is 10.6 Å². The summed E-state index contributed by atoms with van der Waals surface area (Å²) in [5.41, 5.74) is 5.61. The van der Waals surface area contributed by atoms with Gasteiger partial charge in [-0.3, -0.25) is 0 Å². The van der Waals surface area contributed by atoms with Crippen molar-refractivity contribution in [2.45, 2.75) is 6.04 Å². The van der Waals surface area contributed by atoms with E-state index in [1.807, 2.05) is 6.07 Å². The Labute approximate surface area is 89.4 Å². The number of nitrogens with two attached hydrogens (primary N) is 1. The first-order valence-corrected chi connectivity index (χ1v) is 3.64. The summed E-state index contributed by atoms with van der Waals surface area (Å²) in [7, 11) is 0. The topological polar surface area (TPSA) is 55.0 Å². The molecule has 1 aliphatic heterocycles. The van der Waals surface area contributed by atoms with Gasteiger partial charge >= 0.3 is 0 Å². The Kier molecular flexibility index (Phi) is 4.98. The Balaban J connectivity index is 0.000000720. The molecule has 4 nitrogen and oxygen atoms in total. The highest BCUT2D eigenvalue weighted by atomic mass is 35.5. The molecule has 0 aliphatic carbocycles. The molecule has 0 spiro atoms. The molecule has 6 heteroatoms.